The molecule has 0 unspecified atom stereocenters. The topological polar surface area (TPSA) is 86.1 Å². The molecule has 1 N–H and O–H groups in total. The van der Waals surface area contributed by atoms with Crippen LogP contribution in [0.15, 0.2) is 66.7 Å². The zero-order valence-electron chi connectivity index (χ0n) is 19.8. The lowest BCUT2D eigenvalue weighted by Gasteiger charge is -2.08. The first-order chi connectivity index (χ1) is 17.9. The number of nitrogens with zero attached hydrogens (tertiary/aromatic N) is 3. The Morgan fingerprint density at radius 3 is 2.51 bits per heavy atom. The number of nitrogens with one attached hydrogen (secondary N) is 1. The van der Waals surface area contributed by atoms with E-state index < -0.39 is 0 Å². The maximum Gasteiger partial charge on any atom is 0.262 e. The number of methoxy groups -OCH3 is 1. The van der Waals surface area contributed by atoms with Crippen molar-refractivity contribution >= 4 is 62.4 Å². The molecule has 0 aliphatic heterocycles. The second-order valence-electron chi connectivity index (χ2n) is 8.21. The molecule has 0 aliphatic carbocycles. The minimum Gasteiger partial charge on any atom is -0.497 e. The van der Waals surface area contributed by atoms with Gasteiger partial charge in [-0.05, 0) is 61.0 Å². The standard InChI is InChI=1S/C27H20Cl2N4O3S/c1-15-20(14-24(34)30-27-32-31-25(37-27)19-5-3-4-6-22(19)29)21-13-18(36-2)11-12-23(21)33(15)26(35)16-7-9-17(28)10-8-16/h3-13H,14H2,1-2H3,(H,30,32,34). The molecule has 0 fully saturated rings. The maximum absolute atomic E-state index is 13.5. The van der Waals surface area contributed by atoms with Crippen molar-refractivity contribution in [2.24, 2.45) is 0 Å². The van der Waals surface area contributed by atoms with E-state index in [0.717, 1.165) is 10.9 Å². The molecule has 37 heavy (non-hydrogen) atoms. The largest absolute Gasteiger partial charge is 0.497 e. The third kappa shape index (κ3) is 4.96. The summed E-state index contributed by atoms with van der Waals surface area (Å²) in [5, 5.41) is 13.9. The fraction of sp³-hybridized carbons (Fsp3) is 0.111. The van der Waals surface area contributed by atoms with Crippen LogP contribution in [-0.4, -0.2) is 33.7 Å². The van der Waals surface area contributed by atoms with E-state index in [4.69, 9.17) is 27.9 Å². The quantitative estimate of drug-likeness (QED) is 0.255. The van der Waals surface area contributed by atoms with Gasteiger partial charge in [0, 0.05) is 27.2 Å². The van der Waals surface area contributed by atoms with E-state index in [9.17, 15) is 9.59 Å². The van der Waals surface area contributed by atoms with E-state index in [1.54, 1.807) is 48.1 Å². The average Bonchev–Trinajstić information content (AvgIpc) is 3.46. The van der Waals surface area contributed by atoms with Gasteiger partial charge in [0.15, 0.2) is 5.01 Å². The number of benzene rings is 3. The summed E-state index contributed by atoms with van der Waals surface area (Å²) in [6.07, 6.45) is 0.0252. The molecule has 7 nitrogen and oxygen atoms in total. The summed E-state index contributed by atoms with van der Waals surface area (Å²) in [7, 11) is 1.57. The number of aromatic nitrogens is 3. The van der Waals surface area contributed by atoms with Gasteiger partial charge in [-0.25, -0.2) is 0 Å². The van der Waals surface area contributed by atoms with Gasteiger partial charge in [0.05, 0.1) is 24.1 Å². The zero-order valence-corrected chi connectivity index (χ0v) is 22.1. The monoisotopic (exact) mass is 550 g/mol. The van der Waals surface area contributed by atoms with E-state index in [-0.39, 0.29) is 18.2 Å². The van der Waals surface area contributed by atoms with E-state index in [1.807, 2.05) is 37.3 Å². The van der Waals surface area contributed by atoms with Gasteiger partial charge in [0.1, 0.15) is 5.75 Å². The normalized spacial score (nSPS) is 11.0. The maximum atomic E-state index is 13.5. The summed E-state index contributed by atoms with van der Waals surface area (Å²) in [5.74, 6) is 0.119. The number of fused-ring (bicyclic) bond motifs is 1. The Labute approximate surface area is 226 Å². The van der Waals surface area contributed by atoms with Crippen LogP contribution in [0.1, 0.15) is 21.6 Å². The SMILES string of the molecule is COc1ccc2c(c1)c(CC(=O)Nc1nnc(-c3ccccc3Cl)s1)c(C)n2C(=O)c1ccc(Cl)cc1. The number of hydrogen-bond acceptors (Lipinski definition) is 6. The highest BCUT2D eigenvalue weighted by Gasteiger charge is 2.22. The van der Waals surface area contributed by atoms with Crippen molar-refractivity contribution < 1.29 is 14.3 Å². The van der Waals surface area contributed by atoms with Gasteiger partial charge in [0.25, 0.3) is 5.91 Å². The van der Waals surface area contributed by atoms with E-state index in [1.165, 1.54) is 11.3 Å². The molecule has 1 amide bonds. The van der Waals surface area contributed by atoms with Crippen LogP contribution in [0.25, 0.3) is 21.5 Å². The first kappa shape index (κ1) is 25.0. The first-order valence-corrected chi connectivity index (χ1v) is 12.8. The van der Waals surface area contributed by atoms with Crippen LogP contribution in [0.3, 0.4) is 0 Å². The Bertz CT molecular complexity index is 1640. The highest BCUT2D eigenvalue weighted by molar-refractivity contribution is 7.18. The van der Waals surface area contributed by atoms with Gasteiger partial charge in [-0.2, -0.15) is 0 Å². The van der Waals surface area contributed by atoms with Crippen molar-refractivity contribution in [2.75, 3.05) is 12.4 Å². The average molecular weight is 551 g/mol. The summed E-state index contributed by atoms with van der Waals surface area (Å²) in [6.45, 7) is 1.82. The van der Waals surface area contributed by atoms with E-state index >= 15 is 0 Å². The highest BCUT2D eigenvalue weighted by Crippen LogP contribution is 2.33. The van der Waals surface area contributed by atoms with Crippen LogP contribution in [0, 0.1) is 6.92 Å². The van der Waals surface area contributed by atoms with Crippen molar-refractivity contribution in [1.82, 2.24) is 14.8 Å². The molecule has 5 rings (SSSR count). The van der Waals surface area contributed by atoms with Crippen LogP contribution in [0.4, 0.5) is 5.13 Å². The number of anilines is 1. The second-order valence-corrected chi connectivity index (χ2v) is 10.0. The molecule has 0 aliphatic rings. The molecule has 0 spiro atoms. The molecule has 0 radical (unpaired) electrons. The molecular weight excluding hydrogens is 531 g/mol. The number of amides is 1. The van der Waals surface area contributed by atoms with Gasteiger partial charge >= 0.3 is 0 Å². The Morgan fingerprint density at radius 2 is 1.78 bits per heavy atom. The van der Waals surface area contributed by atoms with Crippen molar-refractivity contribution in [2.45, 2.75) is 13.3 Å². The van der Waals surface area contributed by atoms with Crippen LogP contribution in [-0.2, 0) is 11.2 Å². The molecule has 2 aromatic heterocycles. The molecule has 3 aromatic carbocycles. The Balaban J connectivity index is 1.47. The zero-order chi connectivity index (χ0) is 26.1. The van der Waals surface area contributed by atoms with Gasteiger partial charge in [0.2, 0.25) is 11.0 Å². The summed E-state index contributed by atoms with van der Waals surface area (Å²) in [5.41, 5.74) is 3.28. The first-order valence-electron chi connectivity index (χ1n) is 11.2. The highest BCUT2D eigenvalue weighted by atomic mass is 35.5. The molecular formula is C27H20Cl2N4O3S. The van der Waals surface area contributed by atoms with Gasteiger partial charge in [-0.3, -0.25) is 14.2 Å². The van der Waals surface area contributed by atoms with Gasteiger partial charge < -0.3 is 10.1 Å². The van der Waals surface area contributed by atoms with E-state index in [0.29, 0.717) is 48.3 Å². The predicted molar refractivity (Wildman–Crippen MR) is 147 cm³/mol. The van der Waals surface area contributed by atoms with Crippen molar-refractivity contribution in [1.29, 1.82) is 0 Å². The summed E-state index contributed by atoms with van der Waals surface area (Å²) < 4.78 is 7.02. The fourth-order valence-electron chi connectivity index (χ4n) is 4.14. The lowest BCUT2D eigenvalue weighted by Crippen LogP contribution is -2.16. The molecule has 0 saturated carbocycles. The summed E-state index contributed by atoms with van der Waals surface area (Å²) >= 11 is 13.5. The number of ether oxygens (including phenoxy) is 1. The number of hydrogen-bond donors (Lipinski definition) is 1. The Kier molecular flexibility index (Phi) is 6.97. The summed E-state index contributed by atoms with van der Waals surface area (Å²) in [6, 6.07) is 19.4. The van der Waals surface area contributed by atoms with Crippen LogP contribution < -0.4 is 10.1 Å². The molecule has 186 valence electrons. The minimum absolute atomic E-state index is 0.0252. The minimum atomic E-state index is -0.286. The second kappa shape index (κ2) is 10.3. The molecule has 2 heterocycles. The number of halogens is 2. The van der Waals surface area contributed by atoms with E-state index in [2.05, 4.69) is 15.5 Å². The molecule has 0 bridgehead atoms. The van der Waals surface area contributed by atoms with Crippen LogP contribution in [0.2, 0.25) is 10.0 Å². The van der Waals surface area contributed by atoms with Crippen LogP contribution >= 0.6 is 34.5 Å². The molecule has 10 heteroatoms. The molecule has 0 atom stereocenters. The number of carbonyl (C=O) groups is 2. The van der Waals surface area contributed by atoms with Crippen molar-refractivity contribution in [3.63, 3.8) is 0 Å². The Hall–Kier alpha value is -3.72. The third-order valence-corrected chi connectivity index (χ3v) is 7.40. The molecule has 5 aromatic rings. The van der Waals surface area contributed by atoms with Crippen molar-refractivity contribution in [3.8, 4) is 16.3 Å². The number of carbonyl (C=O) groups excluding carboxylic acids is 2. The van der Waals surface area contributed by atoms with Gasteiger partial charge in [-0.1, -0.05) is 52.7 Å². The van der Waals surface area contributed by atoms with Gasteiger partial charge in [-0.15, -0.1) is 10.2 Å². The van der Waals surface area contributed by atoms with Crippen LogP contribution in [0.5, 0.6) is 5.75 Å². The lowest BCUT2D eigenvalue weighted by molar-refractivity contribution is -0.115. The third-order valence-electron chi connectivity index (χ3n) is 5.95. The fourth-order valence-corrected chi connectivity index (χ4v) is 5.34. The summed E-state index contributed by atoms with van der Waals surface area (Å²) in [4.78, 5) is 26.6. The number of rotatable bonds is 6. The Morgan fingerprint density at radius 1 is 1.03 bits per heavy atom. The predicted octanol–water partition coefficient (Wildman–Crippen LogP) is 6.65. The molecule has 0 saturated heterocycles. The van der Waals surface area contributed by atoms with Crippen molar-refractivity contribution in [3.05, 3.63) is 93.6 Å². The lowest BCUT2D eigenvalue weighted by atomic mass is 10.1. The smallest absolute Gasteiger partial charge is 0.262 e.